The summed E-state index contributed by atoms with van der Waals surface area (Å²) in [6.07, 6.45) is 2.08. The minimum atomic E-state index is 0.342. The molecule has 0 aromatic heterocycles. The Morgan fingerprint density at radius 3 is 2.50 bits per heavy atom. The van der Waals surface area contributed by atoms with Crippen LogP contribution in [0.5, 0.6) is 5.75 Å². The molecule has 0 atom stereocenters. The molecule has 1 aliphatic carbocycles. The van der Waals surface area contributed by atoms with Crippen LogP contribution >= 0.6 is 11.6 Å². The molecule has 0 unspecified atom stereocenters. The number of rotatable bonds is 2. The molecule has 1 saturated carbocycles. The predicted octanol–water partition coefficient (Wildman–Crippen LogP) is 3.17. The summed E-state index contributed by atoms with van der Waals surface area (Å²) in [4.78, 5) is 0. The second-order valence-corrected chi connectivity index (χ2v) is 5.05. The first kappa shape index (κ1) is 11.7. The number of halogens is 1. The van der Waals surface area contributed by atoms with Crippen LogP contribution in [0, 0.1) is 13.8 Å². The maximum atomic E-state index is 6.29. The maximum Gasteiger partial charge on any atom is 0.122 e. The van der Waals surface area contributed by atoms with Crippen molar-refractivity contribution in [2.75, 3.05) is 7.11 Å². The summed E-state index contributed by atoms with van der Waals surface area (Å²) in [5.41, 5.74) is 9.31. The van der Waals surface area contributed by atoms with Crippen LogP contribution in [0.1, 0.15) is 35.4 Å². The van der Waals surface area contributed by atoms with Crippen molar-refractivity contribution in [1.29, 1.82) is 0 Å². The second kappa shape index (κ2) is 4.27. The number of methoxy groups -OCH3 is 1. The van der Waals surface area contributed by atoms with Gasteiger partial charge in [0, 0.05) is 16.6 Å². The van der Waals surface area contributed by atoms with Crippen LogP contribution in [0.2, 0.25) is 5.02 Å². The summed E-state index contributed by atoms with van der Waals surface area (Å²) >= 11 is 6.29. The van der Waals surface area contributed by atoms with Crippen molar-refractivity contribution in [3.05, 3.63) is 27.8 Å². The van der Waals surface area contributed by atoms with Crippen LogP contribution in [0.15, 0.2) is 6.07 Å². The largest absolute Gasteiger partial charge is 0.496 e. The quantitative estimate of drug-likeness (QED) is 0.861. The minimum absolute atomic E-state index is 0.342. The van der Waals surface area contributed by atoms with Crippen molar-refractivity contribution in [3.8, 4) is 5.75 Å². The molecular weight excluding hydrogens is 222 g/mol. The number of nitrogens with two attached hydrogens (primary N) is 1. The molecule has 1 fully saturated rings. The molecule has 0 aliphatic heterocycles. The minimum Gasteiger partial charge on any atom is -0.496 e. The van der Waals surface area contributed by atoms with E-state index in [2.05, 4.69) is 6.92 Å². The molecule has 0 bridgehead atoms. The highest BCUT2D eigenvalue weighted by molar-refractivity contribution is 6.32. The van der Waals surface area contributed by atoms with E-state index in [9.17, 15) is 0 Å². The molecular formula is C13H18ClNO. The summed E-state index contributed by atoms with van der Waals surface area (Å²) < 4.78 is 5.45. The second-order valence-electron chi connectivity index (χ2n) is 4.68. The molecule has 2 rings (SSSR count). The molecule has 1 aromatic carbocycles. The highest BCUT2D eigenvalue weighted by atomic mass is 35.5. The Labute approximate surface area is 102 Å². The average Bonchev–Trinajstić information content (AvgIpc) is 2.22. The highest BCUT2D eigenvalue weighted by Crippen LogP contribution is 2.44. The van der Waals surface area contributed by atoms with E-state index in [1.165, 1.54) is 5.56 Å². The van der Waals surface area contributed by atoms with E-state index in [1.54, 1.807) is 7.11 Å². The molecule has 0 spiro atoms. The van der Waals surface area contributed by atoms with Gasteiger partial charge in [-0.05, 0) is 49.8 Å². The number of benzene rings is 1. The molecule has 0 heterocycles. The van der Waals surface area contributed by atoms with E-state index < -0.39 is 0 Å². The smallest absolute Gasteiger partial charge is 0.122 e. The number of hydrogen-bond acceptors (Lipinski definition) is 2. The normalized spacial score (nSPS) is 24.1. The third kappa shape index (κ3) is 1.80. The van der Waals surface area contributed by atoms with E-state index in [0.29, 0.717) is 12.0 Å². The van der Waals surface area contributed by atoms with Gasteiger partial charge in [0.1, 0.15) is 5.75 Å². The summed E-state index contributed by atoms with van der Waals surface area (Å²) in [5.74, 6) is 1.47. The van der Waals surface area contributed by atoms with Crippen LogP contribution in [-0.2, 0) is 0 Å². The van der Waals surface area contributed by atoms with Gasteiger partial charge in [0.25, 0.3) is 0 Å². The average molecular weight is 240 g/mol. The van der Waals surface area contributed by atoms with Crippen molar-refractivity contribution in [1.82, 2.24) is 0 Å². The lowest BCUT2D eigenvalue weighted by atomic mass is 9.74. The fourth-order valence-electron chi connectivity index (χ4n) is 2.51. The van der Waals surface area contributed by atoms with Crippen LogP contribution in [0.4, 0.5) is 0 Å². The van der Waals surface area contributed by atoms with E-state index in [4.69, 9.17) is 22.1 Å². The Hall–Kier alpha value is -0.730. The van der Waals surface area contributed by atoms with Crippen LogP contribution < -0.4 is 10.5 Å². The Bertz CT molecular complexity index is 411. The summed E-state index contributed by atoms with van der Waals surface area (Å²) in [7, 11) is 1.71. The monoisotopic (exact) mass is 239 g/mol. The number of ether oxygens (including phenoxy) is 1. The van der Waals surface area contributed by atoms with Crippen LogP contribution in [0.3, 0.4) is 0 Å². The number of hydrogen-bond donors (Lipinski definition) is 1. The fraction of sp³-hybridized carbons (Fsp3) is 0.538. The first-order valence-electron chi connectivity index (χ1n) is 5.63. The zero-order valence-corrected chi connectivity index (χ0v) is 10.8. The van der Waals surface area contributed by atoms with Crippen molar-refractivity contribution >= 4 is 11.6 Å². The molecule has 88 valence electrons. The van der Waals surface area contributed by atoms with Crippen LogP contribution in [-0.4, -0.2) is 13.2 Å². The van der Waals surface area contributed by atoms with Gasteiger partial charge < -0.3 is 10.5 Å². The summed E-state index contributed by atoms with van der Waals surface area (Å²) in [6, 6.07) is 2.36. The molecule has 0 saturated heterocycles. The lowest BCUT2D eigenvalue weighted by Crippen LogP contribution is -2.35. The van der Waals surface area contributed by atoms with Gasteiger partial charge in [0.15, 0.2) is 0 Å². The fourth-order valence-corrected chi connectivity index (χ4v) is 2.67. The standard InChI is InChI=1S/C13H18ClNO/c1-7-4-11(16-3)12(8(2)13(7)14)9-5-10(15)6-9/h4,9-10H,5-6,15H2,1-3H3. The SMILES string of the molecule is COc1cc(C)c(Cl)c(C)c1C1CC(N)C1. The predicted molar refractivity (Wildman–Crippen MR) is 67.4 cm³/mol. The zero-order valence-electron chi connectivity index (χ0n) is 10.0. The molecule has 1 aliphatic rings. The van der Waals surface area contributed by atoms with Crippen molar-refractivity contribution in [3.63, 3.8) is 0 Å². The first-order valence-corrected chi connectivity index (χ1v) is 6.01. The van der Waals surface area contributed by atoms with Crippen molar-refractivity contribution < 1.29 is 4.74 Å². The molecule has 2 N–H and O–H groups in total. The lowest BCUT2D eigenvalue weighted by Gasteiger charge is -2.35. The third-order valence-electron chi connectivity index (χ3n) is 3.50. The Morgan fingerprint density at radius 1 is 1.38 bits per heavy atom. The summed E-state index contributed by atoms with van der Waals surface area (Å²) in [6.45, 7) is 4.07. The Kier molecular flexibility index (Phi) is 3.13. The molecule has 0 radical (unpaired) electrons. The van der Waals surface area contributed by atoms with E-state index in [0.717, 1.165) is 34.7 Å². The Balaban J connectivity index is 2.45. The van der Waals surface area contributed by atoms with Gasteiger partial charge in [0.2, 0.25) is 0 Å². The van der Waals surface area contributed by atoms with Gasteiger partial charge in [-0.2, -0.15) is 0 Å². The van der Waals surface area contributed by atoms with E-state index in [1.807, 2.05) is 13.0 Å². The topological polar surface area (TPSA) is 35.2 Å². The van der Waals surface area contributed by atoms with E-state index >= 15 is 0 Å². The molecule has 1 aromatic rings. The van der Waals surface area contributed by atoms with Crippen molar-refractivity contribution in [2.24, 2.45) is 5.73 Å². The van der Waals surface area contributed by atoms with Gasteiger partial charge in [-0.25, -0.2) is 0 Å². The first-order chi connectivity index (χ1) is 7.54. The van der Waals surface area contributed by atoms with Gasteiger partial charge in [-0.15, -0.1) is 0 Å². The van der Waals surface area contributed by atoms with Gasteiger partial charge in [0.05, 0.1) is 7.11 Å². The van der Waals surface area contributed by atoms with E-state index in [-0.39, 0.29) is 0 Å². The third-order valence-corrected chi connectivity index (χ3v) is 4.08. The van der Waals surface area contributed by atoms with Crippen LogP contribution in [0.25, 0.3) is 0 Å². The van der Waals surface area contributed by atoms with Crippen molar-refractivity contribution in [2.45, 2.75) is 38.6 Å². The zero-order chi connectivity index (χ0) is 11.9. The number of aryl methyl sites for hydroxylation is 1. The maximum absolute atomic E-state index is 6.29. The molecule has 3 heteroatoms. The summed E-state index contributed by atoms with van der Waals surface area (Å²) in [5, 5.41) is 0.858. The van der Waals surface area contributed by atoms with Gasteiger partial charge in [-0.3, -0.25) is 0 Å². The molecule has 2 nitrogen and oxygen atoms in total. The van der Waals surface area contributed by atoms with Gasteiger partial charge >= 0.3 is 0 Å². The Morgan fingerprint density at radius 2 is 2.00 bits per heavy atom. The molecule has 16 heavy (non-hydrogen) atoms. The molecule has 0 amide bonds. The highest BCUT2D eigenvalue weighted by Gasteiger charge is 2.31. The van der Waals surface area contributed by atoms with Gasteiger partial charge in [-0.1, -0.05) is 11.6 Å². The lowest BCUT2D eigenvalue weighted by molar-refractivity contribution is 0.332.